The standard InChI is InChI=1S/C12H18N2O3S.ClH/c1-17-11-4-6-12(7-5-11)18(15,16)14-8-2-3-10(14)9-13;/h4-7,10H,2-3,8-9,13H2,1H3;1H. The fourth-order valence-corrected chi connectivity index (χ4v) is 3.95. The van der Waals surface area contributed by atoms with Gasteiger partial charge in [0.25, 0.3) is 0 Å². The van der Waals surface area contributed by atoms with Crippen LogP contribution in [0.15, 0.2) is 29.2 Å². The summed E-state index contributed by atoms with van der Waals surface area (Å²) in [5, 5.41) is 0. The molecule has 5 nitrogen and oxygen atoms in total. The minimum Gasteiger partial charge on any atom is -0.497 e. The zero-order chi connectivity index (χ0) is 13.2. The van der Waals surface area contributed by atoms with Crippen molar-refractivity contribution in [1.82, 2.24) is 4.31 Å². The molecule has 1 atom stereocenters. The van der Waals surface area contributed by atoms with Gasteiger partial charge in [0, 0.05) is 19.1 Å². The minimum absolute atomic E-state index is 0. The van der Waals surface area contributed by atoms with Gasteiger partial charge in [-0.25, -0.2) is 8.42 Å². The van der Waals surface area contributed by atoms with Gasteiger partial charge in [0.2, 0.25) is 10.0 Å². The molecule has 1 fully saturated rings. The maximum Gasteiger partial charge on any atom is 0.243 e. The summed E-state index contributed by atoms with van der Waals surface area (Å²) in [4.78, 5) is 0.295. The predicted octanol–water partition coefficient (Wildman–Crippen LogP) is 1.23. The lowest BCUT2D eigenvalue weighted by Gasteiger charge is -2.22. The van der Waals surface area contributed by atoms with E-state index in [1.165, 1.54) is 4.31 Å². The Morgan fingerprint density at radius 2 is 2.00 bits per heavy atom. The quantitative estimate of drug-likeness (QED) is 0.908. The summed E-state index contributed by atoms with van der Waals surface area (Å²) in [7, 11) is -1.88. The van der Waals surface area contributed by atoms with E-state index < -0.39 is 10.0 Å². The third kappa shape index (κ3) is 3.20. The Balaban J connectivity index is 0.00000180. The molecule has 1 saturated heterocycles. The van der Waals surface area contributed by atoms with Crippen LogP contribution < -0.4 is 10.5 Å². The van der Waals surface area contributed by atoms with Gasteiger partial charge in [-0.05, 0) is 37.1 Å². The lowest BCUT2D eigenvalue weighted by atomic mass is 10.2. The summed E-state index contributed by atoms with van der Waals surface area (Å²) < 4.78 is 31.4. The molecular formula is C12H19ClN2O3S. The van der Waals surface area contributed by atoms with E-state index >= 15 is 0 Å². The maximum absolute atomic E-state index is 12.4. The van der Waals surface area contributed by atoms with Gasteiger partial charge in [-0.3, -0.25) is 0 Å². The molecule has 7 heteroatoms. The first kappa shape index (κ1) is 16.2. The number of nitrogens with two attached hydrogens (primary N) is 1. The molecule has 1 aromatic rings. The van der Waals surface area contributed by atoms with Crippen molar-refractivity contribution in [3.8, 4) is 5.75 Å². The van der Waals surface area contributed by atoms with Crippen molar-refractivity contribution in [1.29, 1.82) is 0 Å². The number of hydrogen-bond donors (Lipinski definition) is 1. The van der Waals surface area contributed by atoms with Crippen LogP contribution >= 0.6 is 12.4 Å². The molecule has 0 spiro atoms. The Morgan fingerprint density at radius 3 is 2.53 bits per heavy atom. The van der Waals surface area contributed by atoms with Crippen LogP contribution in [-0.4, -0.2) is 39.0 Å². The van der Waals surface area contributed by atoms with E-state index in [2.05, 4.69) is 0 Å². The van der Waals surface area contributed by atoms with Gasteiger partial charge in [0.15, 0.2) is 0 Å². The van der Waals surface area contributed by atoms with Crippen molar-refractivity contribution in [2.75, 3.05) is 20.2 Å². The molecule has 19 heavy (non-hydrogen) atoms. The van der Waals surface area contributed by atoms with Crippen LogP contribution in [0.2, 0.25) is 0 Å². The summed E-state index contributed by atoms with van der Waals surface area (Å²) in [5.74, 6) is 0.644. The maximum atomic E-state index is 12.4. The largest absolute Gasteiger partial charge is 0.497 e. The highest BCUT2D eigenvalue weighted by Crippen LogP contribution is 2.26. The van der Waals surface area contributed by atoms with E-state index in [0.717, 1.165) is 12.8 Å². The Hall–Kier alpha value is -0.820. The molecule has 1 aliphatic heterocycles. The number of nitrogens with zero attached hydrogens (tertiary/aromatic N) is 1. The monoisotopic (exact) mass is 306 g/mol. The molecule has 0 saturated carbocycles. The summed E-state index contributed by atoms with van der Waals surface area (Å²) in [6.07, 6.45) is 1.71. The molecule has 0 amide bonds. The predicted molar refractivity (Wildman–Crippen MR) is 76.2 cm³/mol. The van der Waals surface area contributed by atoms with Crippen LogP contribution in [0, 0.1) is 0 Å². The Bertz CT molecular complexity index is 504. The van der Waals surface area contributed by atoms with Crippen molar-refractivity contribution in [3.05, 3.63) is 24.3 Å². The normalized spacial score (nSPS) is 20.0. The van der Waals surface area contributed by atoms with Crippen LogP contribution in [0.4, 0.5) is 0 Å². The van der Waals surface area contributed by atoms with Crippen LogP contribution in [-0.2, 0) is 10.0 Å². The second-order valence-electron chi connectivity index (χ2n) is 4.32. The zero-order valence-electron chi connectivity index (χ0n) is 10.8. The second kappa shape index (κ2) is 6.56. The lowest BCUT2D eigenvalue weighted by molar-refractivity contribution is 0.392. The first-order valence-corrected chi connectivity index (χ1v) is 7.39. The topological polar surface area (TPSA) is 72.6 Å². The van der Waals surface area contributed by atoms with Crippen molar-refractivity contribution in [2.45, 2.75) is 23.8 Å². The minimum atomic E-state index is -3.43. The number of ether oxygens (including phenoxy) is 1. The first-order valence-electron chi connectivity index (χ1n) is 5.95. The Labute approximate surface area is 120 Å². The highest BCUT2D eigenvalue weighted by Gasteiger charge is 2.34. The molecule has 0 aromatic heterocycles. The van der Waals surface area contributed by atoms with E-state index in [4.69, 9.17) is 10.5 Å². The van der Waals surface area contributed by atoms with Crippen LogP contribution in [0.3, 0.4) is 0 Å². The SMILES string of the molecule is COc1ccc(S(=O)(=O)N2CCCC2CN)cc1.Cl. The smallest absolute Gasteiger partial charge is 0.243 e. The number of methoxy groups -OCH3 is 1. The first-order chi connectivity index (χ1) is 8.59. The van der Waals surface area contributed by atoms with Crippen LogP contribution in [0.5, 0.6) is 5.75 Å². The molecule has 2 rings (SSSR count). The van der Waals surface area contributed by atoms with E-state index in [1.807, 2.05) is 0 Å². The van der Waals surface area contributed by atoms with Crippen molar-refractivity contribution in [2.24, 2.45) is 5.73 Å². The summed E-state index contributed by atoms with van der Waals surface area (Å²) in [6, 6.07) is 6.37. The number of hydrogen-bond acceptors (Lipinski definition) is 4. The van der Waals surface area contributed by atoms with E-state index in [0.29, 0.717) is 23.7 Å². The lowest BCUT2D eigenvalue weighted by Crippen LogP contribution is -2.39. The summed E-state index contributed by atoms with van der Waals surface area (Å²) in [6.45, 7) is 0.922. The van der Waals surface area contributed by atoms with Gasteiger partial charge >= 0.3 is 0 Å². The zero-order valence-corrected chi connectivity index (χ0v) is 12.4. The van der Waals surface area contributed by atoms with Crippen LogP contribution in [0.25, 0.3) is 0 Å². The molecule has 1 aromatic carbocycles. The second-order valence-corrected chi connectivity index (χ2v) is 6.21. The number of halogens is 1. The average molecular weight is 307 g/mol. The molecule has 1 unspecified atom stereocenters. The van der Waals surface area contributed by atoms with Gasteiger partial charge in [-0.1, -0.05) is 0 Å². The number of rotatable bonds is 4. The molecular weight excluding hydrogens is 288 g/mol. The molecule has 0 aliphatic carbocycles. The molecule has 2 N–H and O–H groups in total. The van der Waals surface area contributed by atoms with E-state index in [9.17, 15) is 8.42 Å². The number of sulfonamides is 1. The third-order valence-corrected chi connectivity index (χ3v) is 5.23. The third-order valence-electron chi connectivity index (χ3n) is 3.26. The average Bonchev–Trinajstić information content (AvgIpc) is 2.88. The van der Waals surface area contributed by atoms with Crippen molar-refractivity contribution >= 4 is 22.4 Å². The van der Waals surface area contributed by atoms with Gasteiger partial charge in [-0.2, -0.15) is 4.31 Å². The van der Waals surface area contributed by atoms with Crippen LogP contribution in [0.1, 0.15) is 12.8 Å². The molecule has 108 valence electrons. The van der Waals surface area contributed by atoms with Gasteiger partial charge in [0.05, 0.1) is 12.0 Å². The molecule has 0 radical (unpaired) electrons. The fourth-order valence-electron chi connectivity index (χ4n) is 2.24. The van der Waals surface area contributed by atoms with Gasteiger partial charge < -0.3 is 10.5 Å². The Kier molecular flexibility index (Phi) is 5.61. The summed E-state index contributed by atoms with van der Waals surface area (Å²) >= 11 is 0. The summed E-state index contributed by atoms with van der Waals surface area (Å²) in [5.41, 5.74) is 5.62. The van der Waals surface area contributed by atoms with E-state index in [-0.39, 0.29) is 18.4 Å². The highest BCUT2D eigenvalue weighted by molar-refractivity contribution is 7.89. The molecule has 1 aliphatic rings. The van der Waals surface area contributed by atoms with Gasteiger partial charge in [0.1, 0.15) is 5.75 Å². The van der Waals surface area contributed by atoms with Crippen molar-refractivity contribution < 1.29 is 13.2 Å². The van der Waals surface area contributed by atoms with E-state index in [1.54, 1.807) is 31.4 Å². The van der Waals surface area contributed by atoms with Crippen molar-refractivity contribution in [3.63, 3.8) is 0 Å². The fraction of sp³-hybridized carbons (Fsp3) is 0.500. The molecule has 1 heterocycles. The molecule has 0 bridgehead atoms. The van der Waals surface area contributed by atoms with Gasteiger partial charge in [-0.15, -0.1) is 12.4 Å². The Morgan fingerprint density at radius 1 is 1.37 bits per heavy atom. The number of benzene rings is 1. The highest BCUT2D eigenvalue weighted by atomic mass is 35.5.